The molecule has 0 rings (SSSR count). The molecule has 0 heterocycles. The maximum Gasteiger partial charge on any atom is 0.0990 e. The lowest BCUT2D eigenvalue weighted by Gasteiger charge is -2.17. The minimum Gasteiger partial charge on any atom is -0.366 e. The molecule has 0 radical (unpaired) electrons. The van der Waals surface area contributed by atoms with Crippen molar-refractivity contribution in [3.63, 3.8) is 0 Å². The Bertz CT molecular complexity index is 180. The summed E-state index contributed by atoms with van der Waals surface area (Å²) >= 11 is 0. The summed E-state index contributed by atoms with van der Waals surface area (Å²) in [6.45, 7) is 10.6. The van der Waals surface area contributed by atoms with Crippen molar-refractivity contribution in [2.45, 2.75) is 97.8 Å². The van der Waals surface area contributed by atoms with Crippen LogP contribution < -0.4 is 0 Å². The normalized spacial score (nSPS) is 11.4. The summed E-state index contributed by atoms with van der Waals surface area (Å²) in [7, 11) is 0. The van der Waals surface area contributed by atoms with Crippen LogP contribution in [0.15, 0.2) is 0 Å². The lowest BCUT2D eigenvalue weighted by molar-refractivity contribution is 0.0323. The zero-order valence-corrected chi connectivity index (χ0v) is 15.2. The monoisotopic (exact) mass is 299 g/mol. The molecular formula is C19H41NO. The fourth-order valence-corrected chi connectivity index (χ4v) is 2.64. The number of unbranched alkanes of at least 4 members (excludes halogenated alkanes) is 11. The second-order valence-electron chi connectivity index (χ2n) is 6.23. The molecule has 0 aromatic rings. The van der Waals surface area contributed by atoms with Gasteiger partial charge in [-0.25, -0.2) is 0 Å². The largest absolute Gasteiger partial charge is 0.366 e. The third-order valence-corrected chi connectivity index (χ3v) is 4.31. The van der Waals surface area contributed by atoms with Gasteiger partial charge in [-0.3, -0.25) is 4.90 Å². The van der Waals surface area contributed by atoms with Crippen molar-refractivity contribution < 1.29 is 4.74 Å². The van der Waals surface area contributed by atoms with Gasteiger partial charge >= 0.3 is 0 Å². The van der Waals surface area contributed by atoms with Crippen molar-refractivity contribution in [1.82, 2.24) is 4.90 Å². The van der Waals surface area contributed by atoms with E-state index in [9.17, 15) is 0 Å². The molecule has 0 amide bonds. The van der Waals surface area contributed by atoms with Crippen LogP contribution >= 0.6 is 0 Å². The second kappa shape index (κ2) is 18.0. The van der Waals surface area contributed by atoms with Gasteiger partial charge < -0.3 is 4.74 Å². The molecule has 2 nitrogen and oxygen atoms in total. The quantitative estimate of drug-likeness (QED) is 0.241. The summed E-state index contributed by atoms with van der Waals surface area (Å²) < 4.78 is 5.70. The van der Waals surface area contributed by atoms with E-state index in [0.717, 1.165) is 26.4 Å². The first-order chi connectivity index (χ1) is 10.3. The summed E-state index contributed by atoms with van der Waals surface area (Å²) in [4.78, 5) is 2.32. The molecule has 0 atom stereocenters. The standard InChI is InChI=1S/C19H41NO/c1-4-7-8-9-10-11-12-13-14-15-16-17-18-21-19-20(5-2)6-3/h4-19H2,1-3H3. The first-order valence-electron chi connectivity index (χ1n) is 9.65. The average Bonchev–Trinajstić information content (AvgIpc) is 2.51. The first kappa shape index (κ1) is 20.9. The van der Waals surface area contributed by atoms with Gasteiger partial charge in [0.1, 0.15) is 0 Å². The third-order valence-electron chi connectivity index (χ3n) is 4.31. The van der Waals surface area contributed by atoms with E-state index < -0.39 is 0 Å². The minimum absolute atomic E-state index is 0.811. The van der Waals surface area contributed by atoms with Crippen LogP contribution in [0.4, 0.5) is 0 Å². The summed E-state index contributed by atoms with van der Waals surface area (Å²) in [5, 5.41) is 0. The van der Waals surface area contributed by atoms with Crippen LogP contribution in [0.25, 0.3) is 0 Å². The SMILES string of the molecule is CCCCCCCCCCCCCCOCN(CC)CC. The van der Waals surface area contributed by atoms with E-state index in [2.05, 4.69) is 25.7 Å². The molecule has 0 spiro atoms. The van der Waals surface area contributed by atoms with E-state index in [1.165, 1.54) is 77.0 Å². The zero-order valence-electron chi connectivity index (χ0n) is 15.2. The van der Waals surface area contributed by atoms with Gasteiger partial charge in [0.25, 0.3) is 0 Å². The third kappa shape index (κ3) is 16.1. The summed E-state index contributed by atoms with van der Waals surface area (Å²) in [5.41, 5.74) is 0. The van der Waals surface area contributed by atoms with Gasteiger partial charge in [-0.1, -0.05) is 91.4 Å². The smallest absolute Gasteiger partial charge is 0.0990 e. The molecule has 0 aliphatic heterocycles. The molecule has 0 aliphatic rings. The van der Waals surface area contributed by atoms with Crippen molar-refractivity contribution >= 4 is 0 Å². The van der Waals surface area contributed by atoms with Crippen molar-refractivity contribution in [2.24, 2.45) is 0 Å². The zero-order chi connectivity index (χ0) is 15.6. The van der Waals surface area contributed by atoms with Gasteiger partial charge in [-0.05, 0) is 19.5 Å². The Morgan fingerprint density at radius 1 is 0.571 bits per heavy atom. The number of hydrogen-bond acceptors (Lipinski definition) is 2. The Balaban J connectivity index is 3.02. The maximum absolute atomic E-state index is 5.70. The molecule has 0 bridgehead atoms. The van der Waals surface area contributed by atoms with Crippen LogP contribution in [-0.4, -0.2) is 31.3 Å². The van der Waals surface area contributed by atoms with Crippen molar-refractivity contribution in [2.75, 3.05) is 26.4 Å². The van der Waals surface area contributed by atoms with E-state index in [-0.39, 0.29) is 0 Å². The molecular weight excluding hydrogens is 258 g/mol. The molecule has 21 heavy (non-hydrogen) atoms. The molecule has 0 saturated heterocycles. The fourth-order valence-electron chi connectivity index (χ4n) is 2.64. The number of ether oxygens (including phenoxy) is 1. The van der Waals surface area contributed by atoms with Gasteiger partial charge in [-0.2, -0.15) is 0 Å². The van der Waals surface area contributed by atoms with E-state index in [4.69, 9.17) is 4.74 Å². The van der Waals surface area contributed by atoms with E-state index >= 15 is 0 Å². The highest BCUT2D eigenvalue weighted by molar-refractivity contribution is 4.49. The predicted molar refractivity (Wildman–Crippen MR) is 94.8 cm³/mol. The Labute approximate surface area is 134 Å². The van der Waals surface area contributed by atoms with Gasteiger partial charge in [0, 0.05) is 6.61 Å². The number of hydrogen-bond donors (Lipinski definition) is 0. The minimum atomic E-state index is 0.811. The van der Waals surface area contributed by atoms with Gasteiger partial charge in [0.15, 0.2) is 0 Å². The molecule has 0 aliphatic carbocycles. The number of rotatable bonds is 17. The number of nitrogens with zero attached hydrogens (tertiary/aromatic N) is 1. The Morgan fingerprint density at radius 3 is 1.43 bits per heavy atom. The fraction of sp³-hybridized carbons (Fsp3) is 1.00. The molecule has 0 aromatic carbocycles. The van der Waals surface area contributed by atoms with E-state index in [1.54, 1.807) is 0 Å². The van der Waals surface area contributed by atoms with Crippen LogP contribution in [0.3, 0.4) is 0 Å². The van der Waals surface area contributed by atoms with Gasteiger partial charge in [0.2, 0.25) is 0 Å². The lowest BCUT2D eigenvalue weighted by Crippen LogP contribution is -2.26. The van der Waals surface area contributed by atoms with Crippen molar-refractivity contribution in [1.29, 1.82) is 0 Å². The molecule has 2 heteroatoms. The van der Waals surface area contributed by atoms with E-state index in [0.29, 0.717) is 0 Å². The van der Waals surface area contributed by atoms with Crippen LogP contribution in [0, 0.1) is 0 Å². The average molecular weight is 300 g/mol. The van der Waals surface area contributed by atoms with Crippen molar-refractivity contribution in [3.8, 4) is 0 Å². The van der Waals surface area contributed by atoms with Crippen LogP contribution in [0.1, 0.15) is 97.8 Å². The molecule has 0 fully saturated rings. The highest BCUT2D eigenvalue weighted by Crippen LogP contribution is 2.11. The molecule has 0 unspecified atom stereocenters. The Morgan fingerprint density at radius 2 is 1.00 bits per heavy atom. The van der Waals surface area contributed by atoms with Crippen LogP contribution in [0.5, 0.6) is 0 Å². The summed E-state index contributed by atoms with van der Waals surface area (Å²) in [6, 6.07) is 0. The van der Waals surface area contributed by atoms with Crippen molar-refractivity contribution in [3.05, 3.63) is 0 Å². The topological polar surface area (TPSA) is 12.5 Å². The molecule has 0 saturated carbocycles. The summed E-state index contributed by atoms with van der Waals surface area (Å²) in [5.74, 6) is 0. The predicted octanol–water partition coefficient (Wildman–Crippen LogP) is 6.00. The second-order valence-corrected chi connectivity index (χ2v) is 6.23. The highest BCUT2D eigenvalue weighted by atomic mass is 16.5. The summed E-state index contributed by atoms with van der Waals surface area (Å²) in [6.07, 6.45) is 16.9. The lowest BCUT2D eigenvalue weighted by atomic mass is 10.1. The molecule has 128 valence electrons. The highest BCUT2D eigenvalue weighted by Gasteiger charge is 1.98. The first-order valence-corrected chi connectivity index (χ1v) is 9.65. The van der Waals surface area contributed by atoms with Crippen LogP contribution in [-0.2, 0) is 4.74 Å². The Kier molecular flexibility index (Phi) is 17.9. The Hall–Kier alpha value is -0.0800. The van der Waals surface area contributed by atoms with Gasteiger partial charge in [0.05, 0.1) is 6.73 Å². The van der Waals surface area contributed by atoms with E-state index in [1.807, 2.05) is 0 Å². The maximum atomic E-state index is 5.70. The molecule has 0 N–H and O–H groups in total. The van der Waals surface area contributed by atoms with Gasteiger partial charge in [-0.15, -0.1) is 0 Å². The molecule has 0 aromatic heterocycles. The van der Waals surface area contributed by atoms with Crippen LogP contribution in [0.2, 0.25) is 0 Å².